The van der Waals surface area contributed by atoms with E-state index in [4.69, 9.17) is 24.0 Å². The fraction of sp³-hybridized carbons (Fsp3) is 0.360. The van der Waals surface area contributed by atoms with Gasteiger partial charge in [0, 0.05) is 79.3 Å². The van der Waals surface area contributed by atoms with Gasteiger partial charge >= 0.3 is 0 Å². The van der Waals surface area contributed by atoms with Crippen molar-refractivity contribution in [3.63, 3.8) is 0 Å². The number of thiophene rings is 1. The summed E-state index contributed by atoms with van der Waals surface area (Å²) in [5.74, 6) is 1.86. The van der Waals surface area contributed by atoms with E-state index in [1.54, 1.807) is 41.7 Å². The third-order valence-electron chi connectivity index (χ3n) is 12.0. The largest absolute Gasteiger partial charge is 0.508 e. The number of hydrogen-bond acceptors (Lipinski definition) is 13. The molecule has 0 bridgehead atoms. The van der Waals surface area contributed by atoms with Gasteiger partial charge in [0.05, 0.1) is 28.7 Å². The zero-order valence-electron chi connectivity index (χ0n) is 36.4. The normalized spacial score (nSPS) is 17.3. The molecule has 0 saturated carbocycles. The Morgan fingerprint density at radius 1 is 0.908 bits per heavy atom. The molecule has 1 amide bonds. The number of Topliss-reactive ketones (excluding diaryl/α,β-unsaturated/α-hetero) is 1. The highest BCUT2D eigenvalue weighted by molar-refractivity contribution is 9.10. The Hall–Kier alpha value is -5.76. The maximum Gasteiger partial charge on any atom is 0.254 e. The van der Waals surface area contributed by atoms with Crippen LogP contribution in [-0.2, 0) is 16.0 Å². The number of aliphatic hydroxyl groups excluding tert-OH is 1. The number of carbonyl (C=O) groups excluding carboxylic acids is 2. The van der Waals surface area contributed by atoms with E-state index in [-0.39, 0.29) is 42.7 Å². The van der Waals surface area contributed by atoms with Crippen LogP contribution < -0.4 is 14.2 Å². The first-order valence-corrected chi connectivity index (χ1v) is 23.6. The van der Waals surface area contributed by atoms with Crippen molar-refractivity contribution in [2.24, 2.45) is 5.92 Å². The van der Waals surface area contributed by atoms with E-state index in [9.17, 15) is 19.8 Å². The molecule has 2 saturated heterocycles. The second-order valence-electron chi connectivity index (χ2n) is 16.9. The number of aryl methyl sites for hydroxylation is 1. The summed E-state index contributed by atoms with van der Waals surface area (Å²) in [6.07, 6.45) is 0.102. The third kappa shape index (κ3) is 11.4. The van der Waals surface area contributed by atoms with Gasteiger partial charge in [-0.05, 0) is 95.4 Å². The predicted molar refractivity (Wildman–Crippen MR) is 252 cm³/mol. The Bertz CT molecular complexity index is 2600. The summed E-state index contributed by atoms with van der Waals surface area (Å²) in [6, 6.07) is 31.3. The second kappa shape index (κ2) is 21.0. The first kappa shape index (κ1) is 45.8. The summed E-state index contributed by atoms with van der Waals surface area (Å²) in [5, 5.41) is 34.8. The van der Waals surface area contributed by atoms with E-state index >= 15 is 0 Å². The minimum atomic E-state index is -0.791. The number of piperazine rings is 1. The molecule has 2 aliphatic rings. The average Bonchev–Trinajstić information content (AvgIpc) is 4.04. The van der Waals surface area contributed by atoms with Crippen LogP contribution >= 0.6 is 27.3 Å². The van der Waals surface area contributed by atoms with Gasteiger partial charge in [0.15, 0.2) is 17.3 Å². The number of ketones is 1. The van der Waals surface area contributed by atoms with Gasteiger partial charge in [-0.1, -0.05) is 54.0 Å². The van der Waals surface area contributed by atoms with Crippen molar-refractivity contribution in [3.05, 3.63) is 118 Å². The minimum absolute atomic E-state index is 0.0792. The summed E-state index contributed by atoms with van der Waals surface area (Å²) in [6.45, 7) is 9.96. The fourth-order valence-electron chi connectivity index (χ4n) is 8.43. The highest BCUT2D eigenvalue weighted by Gasteiger charge is 2.43. The van der Waals surface area contributed by atoms with Crippen molar-refractivity contribution in [1.29, 1.82) is 5.26 Å². The molecule has 2 aliphatic heterocycles. The monoisotopic (exact) mass is 961 g/mol. The number of halogens is 1. The minimum Gasteiger partial charge on any atom is -0.508 e. The highest BCUT2D eigenvalue weighted by Crippen LogP contribution is 2.47. The number of nitriles is 1. The number of nitrogens with zero attached hydrogens (tertiary/aromatic N) is 5. The lowest BCUT2D eigenvalue weighted by molar-refractivity contribution is -0.140. The number of rotatable bonds is 18. The topological polar surface area (TPSA) is 162 Å². The molecule has 6 aromatic rings. The molecule has 65 heavy (non-hydrogen) atoms. The number of carbonyl (C=O) groups is 2. The number of amides is 1. The number of benzene rings is 4. The van der Waals surface area contributed by atoms with E-state index < -0.39 is 18.1 Å². The lowest BCUT2D eigenvalue weighted by Gasteiger charge is -2.34. The molecule has 8 rings (SSSR count). The predicted octanol–water partition coefficient (Wildman–Crippen LogP) is 8.67. The van der Waals surface area contributed by atoms with Gasteiger partial charge in [-0.15, -0.1) is 11.3 Å². The number of likely N-dealkylation sites (tertiary alicyclic amines) is 1. The van der Waals surface area contributed by atoms with Crippen LogP contribution in [0.4, 0.5) is 0 Å². The van der Waals surface area contributed by atoms with Crippen LogP contribution in [0.15, 0.2) is 106 Å². The number of phenolic OH excluding ortho intramolecular Hbond substituents is 1. The maximum absolute atomic E-state index is 14.0. The molecule has 0 spiro atoms. The summed E-state index contributed by atoms with van der Waals surface area (Å²) in [7, 11) is 0. The molecule has 13 nitrogen and oxygen atoms in total. The van der Waals surface area contributed by atoms with Gasteiger partial charge in [0.1, 0.15) is 36.4 Å². The Kier molecular flexibility index (Phi) is 14.8. The van der Waals surface area contributed by atoms with Gasteiger partial charge in [-0.2, -0.15) is 5.26 Å². The summed E-state index contributed by atoms with van der Waals surface area (Å²) < 4.78 is 26.2. The number of ether oxygens (including phenoxy) is 3. The Balaban J connectivity index is 0.762. The molecule has 0 radical (unpaired) electrons. The molecule has 4 heterocycles. The number of β-amino-alcohol motifs (C(OH)–C–C–N with tert-alkyl or cyclic N) is 1. The van der Waals surface area contributed by atoms with E-state index in [0.717, 1.165) is 74.8 Å². The number of phenols is 1. The van der Waals surface area contributed by atoms with Crippen LogP contribution in [0.5, 0.6) is 28.9 Å². The number of aromatic nitrogens is 1. The number of hydrogen-bond donors (Lipinski definition) is 2. The van der Waals surface area contributed by atoms with E-state index in [0.29, 0.717) is 49.1 Å². The van der Waals surface area contributed by atoms with E-state index in [1.165, 1.54) is 4.90 Å². The van der Waals surface area contributed by atoms with Crippen molar-refractivity contribution < 1.29 is 38.5 Å². The smallest absolute Gasteiger partial charge is 0.254 e. The maximum atomic E-state index is 14.0. The van der Waals surface area contributed by atoms with Gasteiger partial charge in [-0.3, -0.25) is 19.4 Å². The number of aliphatic hydroxyl groups is 1. The molecular weight excluding hydrogens is 911 g/mol. The van der Waals surface area contributed by atoms with Crippen LogP contribution in [0.1, 0.15) is 49.5 Å². The summed E-state index contributed by atoms with van der Waals surface area (Å²) >= 11 is 5.10. The van der Waals surface area contributed by atoms with Crippen molar-refractivity contribution >= 4 is 49.0 Å². The first-order valence-electron chi connectivity index (χ1n) is 22.0. The van der Waals surface area contributed by atoms with Gasteiger partial charge in [0.25, 0.3) is 5.88 Å². The molecule has 2 aromatic heterocycles. The van der Waals surface area contributed by atoms with Crippen LogP contribution in [0.2, 0.25) is 0 Å². The first-order chi connectivity index (χ1) is 31.5. The Morgan fingerprint density at radius 3 is 2.26 bits per heavy atom. The molecule has 15 heteroatoms. The molecule has 338 valence electrons. The lowest BCUT2D eigenvalue weighted by atomic mass is 9.91. The molecule has 2 fully saturated rings. The summed E-state index contributed by atoms with van der Waals surface area (Å²) in [5.41, 5.74) is 2.52. The van der Waals surface area contributed by atoms with Gasteiger partial charge in [0.2, 0.25) is 5.91 Å². The molecule has 3 atom stereocenters. The zero-order valence-corrected chi connectivity index (χ0v) is 38.8. The quantitative estimate of drug-likeness (QED) is 0.0845. The molecule has 0 aliphatic carbocycles. The molecule has 2 N–H and O–H groups in total. The molecule has 0 unspecified atom stereocenters. The van der Waals surface area contributed by atoms with Crippen LogP contribution in [0, 0.1) is 17.2 Å². The van der Waals surface area contributed by atoms with E-state index in [2.05, 4.69) is 37.0 Å². The molecule has 4 aromatic carbocycles. The second-order valence-corrected chi connectivity index (χ2v) is 18.8. The number of fused-ring (bicyclic) bond motifs is 1. The third-order valence-corrected chi connectivity index (χ3v) is 13.7. The van der Waals surface area contributed by atoms with E-state index in [1.807, 2.05) is 80.6 Å². The van der Waals surface area contributed by atoms with Crippen LogP contribution in [0.25, 0.3) is 20.5 Å². The standard InChI is InChI=1S/C50H52BrN5O8S/c1-32(2)47(50(60)56-31-38(58)27-42(56)43(59)18-7-33-3-5-34(30-52)6-4-33)44-29-46(53-64-44)62-26-24-55-21-19-54(20-22-55)23-25-61-39-13-15-40(16-14-39)63-48-41-17-12-37(57)28-45(41)65-49(48)35-8-10-36(51)11-9-35/h3-6,8-17,28-29,32,38,42,47,57-58H,7,18-27,31H2,1-2H3/t38-,42+,47-/m1/s1. The average molecular weight is 963 g/mol. The van der Waals surface area contributed by atoms with Crippen molar-refractivity contribution in [1.82, 2.24) is 19.9 Å². The van der Waals surface area contributed by atoms with Gasteiger partial charge < -0.3 is 33.8 Å². The highest BCUT2D eigenvalue weighted by atomic mass is 79.9. The Morgan fingerprint density at radius 2 is 1.58 bits per heavy atom. The van der Waals surface area contributed by atoms with Crippen LogP contribution in [-0.4, -0.2) is 113 Å². The zero-order chi connectivity index (χ0) is 45.5. The Labute approximate surface area is 390 Å². The van der Waals surface area contributed by atoms with Crippen LogP contribution in [0.3, 0.4) is 0 Å². The SMILES string of the molecule is CC(C)[C@@H](C(=O)N1C[C@H](O)C[C@H]1C(=O)CCc1ccc(C#N)cc1)c1cc(OCCN2CCN(CCOc3ccc(Oc4c(-c5ccc(Br)cc5)sc5cc(O)ccc45)cc3)CC2)no1. The van der Waals surface area contributed by atoms with Crippen molar-refractivity contribution in [2.45, 2.75) is 51.2 Å². The lowest BCUT2D eigenvalue weighted by Crippen LogP contribution is -2.48. The van der Waals surface area contributed by atoms with Gasteiger partial charge in [-0.25, -0.2) is 0 Å². The van der Waals surface area contributed by atoms with Crippen molar-refractivity contribution in [3.8, 4) is 45.4 Å². The summed E-state index contributed by atoms with van der Waals surface area (Å²) in [4.78, 5) is 34.6. The molecular formula is C50H52BrN5O8S. The number of aromatic hydroxyl groups is 1. The van der Waals surface area contributed by atoms with Crippen molar-refractivity contribution in [2.75, 3.05) is 59.0 Å². The fourth-order valence-corrected chi connectivity index (χ4v) is 9.86.